The average Bonchev–Trinajstić information content (AvgIpc) is 3.25. The molecule has 0 unspecified atom stereocenters. The number of aryl methyl sites for hydroxylation is 1. The fourth-order valence-electron chi connectivity index (χ4n) is 2.52. The highest BCUT2D eigenvalue weighted by atomic mass is 32.2. The lowest BCUT2D eigenvalue weighted by molar-refractivity contribution is 0.102. The van der Waals surface area contributed by atoms with Gasteiger partial charge in [-0.3, -0.25) is 10.1 Å². The Bertz CT molecular complexity index is 904. The third kappa shape index (κ3) is 4.21. The van der Waals surface area contributed by atoms with Crippen LogP contribution in [-0.2, 0) is 14.8 Å². The van der Waals surface area contributed by atoms with Crippen LogP contribution in [0.2, 0.25) is 0 Å². The van der Waals surface area contributed by atoms with Crippen molar-refractivity contribution in [2.45, 2.75) is 24.3 Å². The number of amides is 1. The lowest BCUT2D eigenvalue weighted by Gasteiger charge is -2.14. The van der Waals surface area contributed by atoms with Crippen LogP contribution in [0.3, 0.4) is 0 Å². The van der Waals surface area contributed by atoms with Crippen LogP contribution in [0.1, 0.15) is 21.7 Å². The number of benzene rings is 1. The summed E-state index contributed by atoms with van der Waals surface area (Å²) in [4.78, 5) is 17.6. The highest BCUT2D eigenvalue weighted by Gasteiger charge is 2.25. The van der Waals surface area contributed by atoms with Crippen molar-refractivity contribution in [3.8, 4) is 5.75 Å². The molecule has 1 amide bonds. The predicted octanol–water partition coefficient (Wildman–Crippen LogP) is 1.78. The van der Waals surface area contributed by atoms with E-state index < -0.39 is 15.9 Å². The molecule has 3 rings (SSSR count). The Labute approximate surface area is 155 Å². The molecule has 8 nitrogen and oxygen atoms in total. The fourth-order valence-corrected chi connectivity index (χ4v) is 4.46. The number of thiazole rings is 1. The van der Waals surface area contributed by atoms with Gasteiger partial charge in [0.15, 0.2) is 5.13 Å². The molecule has 0 aliphatic carbocycles. The molecule has 26 heavy (non-hydrogen) atoms. The molecule has 140 valence electrons. The van der Waals surface area contributed by atoms with E-state index in [2.05, 4.69) is 15.0 Å². The van der Waals surface area contributed by atoms with Crippen molar-refractivity contribution in [2.75, 3.05) is 25.6 Å². The number of sulfonamides is 1. The first-order valence-electron chi connectivity index (χ1n) is 7.91. The number of nitrogens with one attached hydrogen (secondary N) is 2. The van der Waals surface area contributed by atoms with E-state index in [-0.39, 0.29) is 22.3 Å². The van der Waals surface area contributed by atoms with Crippen molar-refractivity contribution >= 4 is 32.4 Å². The SMILES string of the molecule is COc1ccc(S(=O)(=O)N[C@H]2CCOC2)cc1C(=O)Nc1ncc(C)s1. The number of ether oxygens (including phenoxy) is 2. The van der Waals surface area contributed by atoms with Gasteiger partial charge in [-0.2, -0.15) is 0 Å². The van der Waals surface area contributed by atoms with Crippen molar-refractivity contribution in [1.29, 1.82) is 0 Å². The Morgan fingerprint density at radius 1 is 1.42 bits per heavy atom. The minimum absolute atomic E-state index is 0.00864. The summed E-state index contributed by atoms with van der Waals surface area (Å²) in [6, 6.07) is 3.90. The molecule has 1 aromatic carbocycles. The van der Waals surface area contributed by atoms with Crippen molar-refractivity contribution in [3.63, 3.8) is 0 Å². The highest BCUT2D eigenvalue weighted by molar-refractivity contribution is 7.89. The molecule has 2 N–H and O–H groups in total. The molecule has 0 radical (unpaired) electrons. The first-order chi connectivity index (χ1) is 12.4. The summed E-state index contributed by atoms with van der Waals surface area (Å²) in [6.07, 6.45) is 2.26. The quantitative estimate of drug-likeness (QED) is 0.770. The lowest BCUT2D eigenvalue weighted by Crippen LogP contribution is -2.35. The molecule has 2 aromatic rings. The van der Waals surface area contributed by atoms with Crippen LogP contribution in [0.15, 0.2) is 29.3 Å². The van der Waals surface area contributed by atoms with E-state index in [1.54, 1.807) is 6.20 Å². The number of nitrogens with zero attached hydrogens (tertiary/aromatic N) is 1. The van der Waals surface area contributed by atoms with Gasteiger partial charge in [0.25, 0.3) is 5.91 Å². The van der Waals surface area contributed by atoms with Crippen LogP contribution in [0.25, 0.3) is 0 Å². The van der Waals surface area contributed by atoms with Crippen LogP contribution >= 0.6 is 11.3 Å². The van der Waals surface area contributed by atoms with E-state index in [0.29, 0.717) is 24.8 Å². The summed E-state index contributed by atoms with van der Waals surface area (Å²) < 4.78 is 38.1. The molecule has 1 saturated heterocycles. The van der Waals surface area contributed by atoms with Crippen molar-refractivity contribution in [1.82, 2.24) is 9.71 Å². The molecule has 1 aliphatic rings. The molecular formula is C16H19N3O5S2. The second kappa shape index (κ2) is 7.70. The molecule has 0 saturated carbocycles. The summed E-state index contributed by atoms with van der Waals surface area (Å²) in [6.45, 7) is 2.74. The predicted molar refractivity (Wildman–Crippen MR) is 97.3 cm³/mol. The van der Waals surface area contributed by atoms with E-state index in [1.807, 2.05) is 6.92 Å². The van der Waals surface area contributed by atoms with Gasteiger partial charge in [-0.15, -0.1) is 11.3 Å². The van der Waals surface area contributed by atoms with Gasteiger partial charge in [0.2, 0.25) is 10.0 Å². The Hall–Kier alpha value is -2.01. The lowest BCUT2D eigenvalue weighted by atomic mass is 10.2. The fraction of sp³-hybridized carbons (Fsp3) is 0.375. The number of carbonyl (C=O) groups is 1. The number of hydrogen-bond donors (Lipinski definition) is 2. The van der Waals surface area contributed by atoms with Crippen LogP contribution in [0.4, 0.5) is 5.13 Å². The Balaban J connectivity index is 1.86. The van der Waals surface area contributed by atoms with E-state index in [0.717, 1.165) is 4.88 Å². The third-order valence-corrected chi connectivity index (χ3v) is 6.17. The maximum atomic E-state index is 12.6. The number of aromatic nitrogens is 1. The molecule has 0 spiro atoms. The standard InChI is InChI=1S/C16H19N3O5S2/c1-10-8-17-16(25-10)18-15(20)13-7-12(3-4-14(13)23-2)26(21,22)19-11-5-6-24-9-11/h3-4,7-8,11,19H,5-6,9H2,1-2H3,(H,17,18,20)/t11-/m0/s1. The van der Waals surface area contributed by atoms with E-state index in [4.69, 9.17) is 9.47 Å². The van der Waals surface area contributed by atoms with Crippen LogP contribution < -0.4 is 14.8 Å². The van der Waals surface area contributed by atoms with Crippen LogP contribution in [0, 0.1) is 6.92 Å². The molecule has 1 aliphatic heterocycles. The van der Waals surface area contributed by atoms with Crippen LogP contribution in [-0.4, -0.2) is 45.7 Å². The van der Waals surface area contributed by atoms with Gasteiger partial charge < -0.3 is 9.47 Å². The topological polar surface area (TPSA) is 107 Å². The number of hydrogen-bond acceptors (Lipinski definition) is 7. The Morgan fingerprint density at radius 2 is 2.23 bits per heavy atom. The Kier molecular flexibility index (Phi) is 5.56. The molecule has 1 fully saturated rings. The molecule has 1 atom stereocenters. The van der Waals surface area contributed by atoms with Gasteiger partial charge in [-0.05, 0) is 31.5 Å². The maximum absolute atomic E-state index is 12.6. The summed E-state index contributed by atoms with van der Waals surface area (Å²) in [5.41, 5.74) is 0.117. The minimum atomic E-state index is -3.77. The van der Waals surface area contributed by atoms with Gasteiger partial charge >= 0.3 is 0 Å². The zero-order valence-electron chi connectivity index (χ0n) is 14.3. The van der Waals surface area contributed by atoms with Gasteiger partial charge in [0, 0.05) is 23.7 Å². The van der Waals surface area contributed by atoms with Crippen molar-refractivity contribution in [3.05, 3.63) is 34.8 Å². The smallest absolute Gasteiger partial charge is 0.261 e. The van der Waals surface area contributed by atoms with Crippen molar-refractivity contribution in [2.24, 2.45) is 0 Å². The molecule has 0 bridgehead atoms. The van der Waals surface area contributed by atoms with E-state index in [9.17, 15) is 13.2 Å². The zero-order valence-corrected chi connectivity index (χ0v) is 15.9. The van der Waals surface area contributed by atoms with Gasteiger partial charge in [-0.25, -0.2) is 18.1 Å². The summed E-state index contributed by atoms with van der Waals surface area (Å²) in [5.74, 6) is -0.212. The van der Waals surface area contributed by atoms with Crippen LogP contribution in [0.5, 0.6) is 5.75 Å². The monoisotopic (exact) mass is 397 g/mol. The van der Waals surface area contributed by atoms with Gasteiger partial charge in [0.1, 0.15) is 5.75 Å². The minimum Gasteiger partial charge on any atom is -0.496 e. The van der Waals surface area contributed by atoms with Gasteiger partial charge in [0.05, 0.1) is 24.2 Å². The first kappa shape index (κ1) is 18.8. The number of carbonyl (C=O) groups excluding carboxylic acids is 1. The second-order valence-corrected chi connectivity index (χ2v) is 8.72. The number of anilines is 1. The number of methoxy groups -OCH3 is 1. The largest absolute Gasteiger partial charge is 0.496 e. The normalized spacial score (nSPS) is 17.2. The molecule has 1 aromatic heterocycles. The van der Waals surface area contributed by atoms with Gasteiger partial charge in [-0.1, -0.05) is 0 Å². The first-order valence-corrected chi connectivity index (χ1v) is 10.2. The molecule has 2 heterocycles. The third-order valence-electron chi connectivity index (χ3n) is 3.82. The van der Waals surface area contributed by atoms with E-state index in [1.165, 1.54) is 36.6 Å². The number of rotatable bonds is 6. The van der Waals surface area contributed by atoms with E-state index >= 15 is 0 Å². The molecular weight excluding hydrogens is 378 g/mol. The average molecular weight is 397 g/mol. The Morgan fingerprint density at radius 3 is 2.85 bits per heavy atom. The molecule has 10 heteroatoms. The second-order valence-electron chi connectivity index (χ2n) is 5.77. The maximum Gasteiger partial charge on any atom is 0.261 e. The van der Waals surface area contributed by atoms with Crippen molar-refractivity contribution < 1.29 is 22.7 Å². The summed E-state index contributed by atoms with van der Waals surface area (Å²) in [7, 11) is -2.35. The zero-order chi connectivity index (χ0) is 18.7. The summed E-state index contributed by atoms with van der Waals surface area (Å²) >= 11 is 1.33. The summed E-state index contributed by atoms with van der Waals surface area (Å²) in [5, 5.41) is 3.09. The highest BCUT2D eigenvalue weighted by Crippen LogP contribution is 2.25.